The molecule has 1 fully saturated rings. The number of nitrogens with one attached hydrogen (secondary N) is 1. The Morgan fingerprint density at radius 2 is 2.29 bits per heavy atom. The fourth-order valence-electron chi connectivity index (χ4n) is 3.08. The van der Waals surface area contributed by atoms with Gasteiger partial charge in [-0.15, -0.1) is 0 Å². The molecule has 4 heteroatoms. The molecule has 1 aromatic carbocycles. The average Bonchev–Trinajstić information content (AvgIpc) is 2.97. The standard InChI is InChI=1S/C17H23N3O/c1-2-3-10-16(21)20-11-6-7-13(12-20)17-18-14-8-4-5-9-15(14)19-17/h4-5,8-9,13H,2-3,6-7,10-12H2,1H3,(H,18,19)/t13-/m0/s1. The third-order valence-electron chi connectivity index (χ3n) is 4.31. The highest BCUT2D eigenvalue weighted by Gasteiger charge is 2.26. The monoisotopic (exact) mass is 285 g/mol. The van der Waals surface area contributed by atoms with Crippen molar-refractivity contribution in [3.8, 4) is 0 Å². The van der Waals surface area contributed by atoms with Crippen LogP contribution < -0.4 is 0 Å². The first-order valence-corrected chi connectivity index (χ1v) is 8.00. The van der Waals surface area contributed by atoms with Crippen LogP contribution in [0.1, 0.15) is 50.8 Å². The molecule has 1 aliphatic rings. The van der Waals surface area contributed by atoms with E-state index < -0.39 is 0 Å². The van der Waals surface area contributed by atoms with Crippen molar-refractivity contribution in [1.29, 1.82) is 0 Å². The van der Waals surface area contributed by atoms with Crippen LogP contribution in [-0.4, -0.2) is 33.9 Å². The Kier molecular flexibility index (Phi) is 4.23. The molecular weight excluding hydrogens is 262 g/mol. The molecule has 1 amide bonds. The fraction of sp³-hybridized carbons (Fsp3) is 0.529. The largest absolute Gasteiger partial charge is 0.342 e. The van der Waals surface area contributed by atoms with E-state index in [0.29, 0.717) is 18.2 Å². The third-order valence-corrected chi connectivity index (χ3v) is 4.31. The number of piperidine rings is 1. The van der Waals surface area contributed by atoms with Crippen LogP contribution in [0.5, 0.6) is 0 Å². The van der Waals surface area contributed by atoms with Crippen LogP contribution in [0.4, 0.5) is 0 Å². The molecule has 1 N–H and O–H groups in total. The first-order valence-electron chi connectivity index (χ1n) is 8.00. The van der Waals surface area contributed by atoms with E-state index in [0.717, 1.165) is 55.6 Å². The highest BCUT2D eigenvalue weighted by molar-refractivity contribution is 5.76. The lowest BCUT2D eigenvalue weighted by Crippen LogP contribution is -2.39. The summed E-state index contributed by atoms with van der Waals surface area (Å²) < 4.78 is 0. The van der Waals surface area contributed by atoms with Crippen molar-refractivity contribution in [2.45, 2.75) is 44.9 Å². The Labute approximate surface area is 125 Å². The van der Waals surface area contributed by atoms with E-state index in [1.54, 1.807) is 0 Å². The Balaban J connectivity index is 1.72. The number of imidazole rings is 1. The minimum atomic E-state index is 0.303. The summed E-state index contributed by atoms with van der Waals surface area (Å²) in [7, 11) is 0. The first-order chi connectivity index (χ1) is 10.3. The number of nitrogens with zero attached hydrogens (tertiary/aromatic N) is 2. The van der Waals surface area contributed by atoms with Gasteiger partial charge in [0.15, 0.2) is 0 Å². The second kappa shape index (κ2) is 6.29. The number of hydrogen-bond acceptors (Lipinski definition) is 2. The molecule has 2 heterocycles. The van der Waals surface area contributed by atoms with Gasteiger partial charge in [0.25, 0.3) is 0 Å². The van der Waals surface area contributed by atoms with Gasteiger partial charge in [-0.05, 0) is 31.4 Å². The van der Waals surface area contributed by atoms with Gasteiger partial charge in [-0.25, -0.2) is 4.98 Å². The van der Waals surface area contributed by atoms with E-state index in [9.17, 15) is 4.79 Å². The molecule has 0 aliphatic carbocycles. The summed E-state index contributed by atoms with van der Waals surface area (Å²) in [6, 6.07) is 8.11. The molecule has 1 aliphatic heterocycles. The molecule has 112 valence electrons. The Bertz CT molecular complexity index is 586. The first kappa shape index (κ1) is 14.1. The van der Waals surface area contributed by atoms with E-state index in [1.807, 2.05) is 23.1 Å². The van der Waals surface area contributed by atoms with Gasteiger partial charge in [0, 0.05) is 25.4 Å². The zero-order valence-electron chi connectivity index (χ0n) is 12.6. The SMILES string of the molecule is CCCCC(=O)N1CCC[C@H](c2nc3ccccc3[nH]2)C1. The van der Waals surface area contributed by atoms with Crippen molar-refractivity contribution >= 4 is 16.9 Å². The lowest BCUT2D eigenvalue weighted by Gasteiger charge is -2.32. The number of amides is 1. The molecule has 0 spiro atoms. The van der Waals surface area contributed by atoms with Crippen molar-refractivity contribution < 1.29 is 4.79 Å². The summed E-state index contributed by atoms with van der Waals surface area (Å²) in [6.45, 7) is 3.84. The summed E-state index contributed by atoms with van der Waals surface area (Å²) in [5, 5.41) is 0. The Morgan fingerprint density at radius 1 is 1.43 bits per heavy atom. The molecule has 0 unspecified atom stereocenters. The smallest absolute Gasteiger partial charge is 0.222 e. The number of unbranched alkanes of at least 4 members (excludes halogenated alkanes) is 1. The van der Waals surface area contributed by atoms with E-state index in [1.165, 1.54) is 0 Å². The van der Waals surface area contributed by atoms with Crippen LogP contribution in [0.25, 0.3) is 11.0 Å². The third kappa shape index (κ3) is 3.09. The topological polar surface area (TPSA) is 49.0 Å². The van der Waals surface area contributed by atoms with Crippen LogP contribution in [0, 0.1) is 0 Å². The number of rotatable bonds is 4. The number of aromatic nitrogens is 2. The maximum atomic E-state index is 12.2. The number of fused-ring (bicyclic) bond motifs is 1. The summed E-state index contributed by atoms with van der Waals surface area (Å²) in [5.74, 6) is 1.68. The molecule has 1 saturated heterocycles. The van der Waals surface area contributed by atoms with Gasteiger partial charge in [0.1, 0.15) is 5.82 Å². The lowest BCUT2D eigenvalue weighted by molar-refractivity contribution is -0.132. The predicted molar refractivity (Wildman–Crippen MR) is 84.2 cm³/mol. The number of likely N-dealkylation sites (tertiary alicyclic amines) is 1. The van der Waals surface area contributed by atoms with Gasteiger partial charge in [0.2, 0.25) is 5.91 Å². The van der Waals surface area contributed by atoms with Crippen LogP contribution in [-0.2, 0) is 4.79 Å². The molecule has 0 saturated carbocycles. The van der Waals surface area contributed by atoms with Gasteiger partial charge < -0.3 is 9.88 Å². The van der Waals surface area contributed by atoms with Crippen molar-refractivity contribution in [2.75, 3.05) is 13.1 Å². The van der Waals surface area contributed by atoms with Gasteiger partial charge >= 0.3 is 0 Å². The molecule has 1 aromatic heterocycles. The molecule has 21 heavy (non-hydrogen) atoms. The normalized spacial score (nSPS) is 19.1. The van der Waals surface area contributed by atoms with E-state index in [2.05, 4.69) is 18.0 Å². The van der Waals surface area contributed by atoms with Gasteiger partial charge in [-0.2, -0.15) is 0 Å². The summed E-state index contributed by atoms with van der Waals surface area (Å²) in [5.41, 5.74) is 2.10. The van der Waals surface area contributed by atoms with Gasteiger partial charge in [0.05, 0.1) is 11.0 Å². The van der Waals surface area contributed by atoms with Crippen molar-refractivity contribution in [3.63, 3.8) is 0 Å². The molecule has 1 atom stereocenters. The molecule has 3 rings (SSSR count). The summed E-state index contributed by atoms with van der Waals surface area (Å²) >= 11 is 0. The quantitative estimate of drug-likeness (QED) is 0.935. The number of benzene rings is 1. The van der Waals surface area contributed by atoms with E-state index in [-0.39, 0.29) is 0 Å². The highest BCUT2D eigenvalue weighted by atomic mass is 16.2. The van der Waals surface area contributed by atoms with E-state index >= 15 is 0 Å². The Hall–Kier alpha value is -1.84. The second-order valence-electron chi connectivity index (χ2n) is 5.92. The summed E-state index contributed by atoms with van der Waals surface area (Å²) in [6.07, 6.45) is 4.93. The van der Waals surface area contributed by atoms with E-state index in [4.69, 9.17) is 4.98 Å². The summed E-state index contributed by atoms with van der Waals surface area (Å²) in [4.78, 5) is 22.3. The Morgan fingerprint density at radius 3 is 3.10 bits per heavy atom. The number of H-pyrrole nitrogens is 1. The highest BCUT2D eigenvalue weighted by Crippen LogP contribution is 2.27. The van der Waals surface area contributed by atoms with Crippen molar-refractivity contribution in [3.05, 3.63) is 30.1 Å². The average molecular weight is 285 g/mol. The molecule has 2 aromatic rings. The maximum absolute atomic E-state index is 12.2. The molecule has 0 bridgehead atoms. The lowest BCUT2D eigenvalue weighted by atomic mass is 9.97. The minimum absolute atomic E-state index is 0.303. The fourth-order valence-corrected chi connectivity index (χ4v) is 3.08. The number of aromatic amines is 1. The van der Waals surface area contributed by atoms with Crippen LogP contribution in [0.3, 0.4) is 0 Å². The van der Waals surface area contributed by atoms with Crippen LogP contribution in [0.15, 0.2) is 24.3 Å². The van der Waals surface area contributed by atoms with Crippen LogP contribution >= 0.6 is 0 Å². The molecular formula is C17H23N3O. The molecule has 4 nitrogen and oxygen atoms in total. The van der Waals surface area contributed by atoms with Gasteiger partial charge in [-0.3, -0.25) is 4.79 Å². The number of para-hydroxylation sites is 2. The zero-order valence-corrected chi connectivity index (χ0v) is 12.6. The zero-order chi connectivity index (χ0) is 14.7. The van der Waals surface area contributed by atoms with Crippen molar-refractivity contribution in [1.82, 2.24) is 14.9 Å². The van der Waals surface area contributed by atoms with Crippen molar-refractivity contribution in [2.24, 2.45) is 0 Å². The number of hydrogen-bond donors (Lipinski definition) is 1. The van der Waals surface area contributed by atoms with Gasteiger partial charge in [-0.1, -0.05) is 25.5 Å². The number of carbonyl (C=O) groups excluding carboxylic acids is 1. The van der Waals surface area contributed by atoms with Crippen LogP contribution in [0.2, 0.25) is 0 Å². The molecule has 0 radical (unpaired) electrons. The predicted octanol–water partition coefficient (Wildman–Crippen LogP) is 3.46. The maximum Gasteiger partial charge on any atom is 0.222 e. The minimum Gasteiger partial charge on any atom is -0.342 e. The number of carbonyl (C=O) groups is 1. The second-order valence-corrected chi connectivity index (χ2v) is 5.92.